The minimum absolute atomic E-state index is 0.167. The van der Waals surface area contributed by atoms with Crippen molar-refractivity contribution in [3.05, 3.63) is 57.6 Å². The second-order valence-electron chi connectivity index (χ2n) is 11.0. The Labute approximate surface area is 235 Å². The first-order valence-corrected chi connectivity index (χ1v) is 14.9. The van der Waals surface area contributed by atoms with Gasteiger partial charge in [-0.2, -0.15) is 0 Å². The summed E-state index contributed by atoms with van der Waals surface area (Å²) in [5.74, 6) is 2.04. The Bertz CT molecular complexity index is 936. The SMILES string of the molecule is CCc1cc(C(C)(C)c2cc(CC)c(OCCOCC3CO3)c(CC)c2)cc(CC)c1OCCOCC1CO1. The van der Waals surface area contributed by atoms with E-state index in [1.165, 1.54) is 33.4 Å². The van der Waals surface area contributed by atoms with Gasteiger partial charge in [-0.3, -0.25) is 0 Å². The monoisotopic (exact) mass is 540 g/mol. The van der Waals surface area contributed by atoms with Crippen LogP contribution >= 0.6 is 0 Å². The van der Waals surface area contributed by atoms with Crippen molar-refractivity contribution in [2.45, 2.75) is 84.8 Å². The van der Waals surface area contributed by atoms with Crippen molar-refractivity contribution in [1.82, 2.24) is 0 Å². The van der Waals surface area contributed by atoms with E-state index in [2.05, 4.69) is 65.8 Å². The quantitative estimate of drug-likeness (QED) is 0.175. The van der Waals surface area contributed by atoms with E-state index in [1.807, 2.05) is 0 Å². The lowest BCUT2D eigenvalue weighted by Crippen LogP contribution is -2.21. The van der Waals surface area contributed by atoms with Gasteiger partial charge in [-0.1, -0.05) is 65.8 Å². The fraction of sp³-hybridized carbons (Fsp3) is 0.636. The Morgan fingerprint density at radius 2 is 0.949 bits per heavy atom. The van der Waals surface area contributed by atoms with Crippen LogP contribution in [-0.4, -0.2) is 65.1 Å². The van der Waals surface area contributed by atoms with Gasteiger partial charge >= 0.3 is 0 Å². The van der Waals surface area contributed by atoms with Crippen LogP contribution in [-0.2, 0) is 50.0 Å². The zero-order chi connectivity index (χ0) is 27.8. The van der Waals surface area contributed by atoms with Crippen LogP contribution in [0.4, 0.5) is 0 Å². The van der Waals surface area contributed by atoms with Gasteiger partial charge in [0, 0.05) is 5.41 Å². The number of aryl methyl sites for hydroxylation is 4. The van der Waals surface area contributed by atoms with Gasteiger partial charge in [0.25, 0.3) is 0 Å². The van der Waals surface area contributed by atoms with Crippen molar-refractivity contribution in [3.8, 4) is 11.5 Å². The third kappa shape index (κ3) is 7.97. The van der Waals surface area contributed by atoms with E-state index >= 15 is 0 Å². The summed E-state index contributed by atoms with van der Waals surface area (Å²) in [5.41, 5.74) is 7.49. The number of hydrogen-bond donors (Lipinski definition) is 0. The molecule has 6 heteroatoms. The van der Waals surface area contributed by atoms with E-state index in [0.29, 0.717) is 39.6 Å². The summed E-state index contributed by atoms with van der Waals surface area (Å²) < 4.78 is 34.4. The first-order valence-electron chi connectivity index (χ1n) is 14.9. The molecule has 2 aliphatic rings. The molecular weight excluding hydrogens is 492 g/mol. The molecule has 0 saturated carbocycles. The first kappa shape index (κ1) is 29.9. The van der Waals surface area contributed by atoms with Crippen LogP contribution < -0.4 is 9.47 Å². The van der Waals surface area contributed by atoms with Crippen LogP contribution in [0.25, 0.3) is 0 Å². The van der Waals surface area contributed by atoms with Crippen molar-refractivity contribution in [1.29, 1.82) is 0 Å². The summed E-state index contributed by atoms with van der Waals surface area (Å²) in [6, 6.07) is 9.37. The summed E-state index contributed by atoms with van der Waals surface area (Å²) in [4.78, 5) is 0. The van der Waals surface area contributed by atoms with E-state index in [4.69, 9.17) is 28.4 Å². The molecule has 6 nitrogen and oxygen atoms in total. The normalized spacial score (nSPS) is 18.3. The minimum Gasteiger partial charge on any atom is -0.491 e. The molecule has 2 aromatic rings. The molecule has 2 aliphatic heterocycles. The van der Waals surface area contributed by atoms with Gasteiger partial charge < -0.3 is 28.4 Å². The van der Waals surface area contributed by atoms with Gasteiger partial charge in [0.15, 0.2) is 0 Å². The third-order valence-electron chi connectivity index (χ3n) is 7.81. The van der Waals surface area contributed by atoms with E-state index in [-0.39, 0.29) is 17.6 Å². The van der Waals surface area contributed by atoms with E-state index < -0.39 is 0 Å². The lowest BCUT2D eigenvalue weighted by Gasteiger charge is -2.30. The molecule has 0 aliphatic carbocycles. The van der Waals surface area contributed by atoms with Crippen LogP contribution in [0.2, 0.25) is 0 Å². The summed E-state index contributed by atoms with van der Waals surface area (Å²) in [6.07, 6.45) is 4.26. The average molecular weight is 541 g/mol. The Morgan fingerprint density at radius 1 is 0.615 bits per heavy atom. The largest absolute Gasteiger partial charge is 0.491 e. The zero-order valence-corrected chi connectivity index (χ0v) is 24.9. The van der Waals surface area contributed by atoms with Gasteiger partial charge in [-0.25, -0.2) is 0 Å². The highest BCUT2D eigenvalue weighted by molar-refractivity contribution is 5.53. The highest BCUT2D eigenvalue weighted by atomic mass is 16.6. The number of rotatable bonds is 18. The third-order valence-corrected chi connectivity index (χ3v) is 7.81. The molecule has 39 heavy (non-hydrogen) atoms. The van der Waals surface area contributed by atoms with Crippen LogP contribution in [0, 0.1) is 0 Å². The maximum absolute atomic E-state index is 6.29. The maximum atomic E-state index is 6.29. The Hall–Kier alpha value is -2.12. The second kappa shape index (κ2) is 14.0. The van der Waals surface area contributed by atoms with E-state index in [9.17, 15) is 0 Å². The molecule has 0 amide bonds. The molecule has 2 aromatic carbocycles. The molecule has 0 radical (unpaired) electrons. The van der Waals surface area contributed by atoms with Gasteiger partial charge in [0.1, 0.15) is 36.9 Å². The summed E-state index contributed by atoms with van der Waals surface area (Å²) in [7, 11) is 0. The van der Waals surface area contributed by atoms with Crippen molar-refractivity contribution in [2.75, 3.05) is 52.9 Å². The van der Waals surface area contributed by atoms with Gasteiger partial charge in [-0.15, -0.1) is 0 Å². The summed E-state index contributed by atoms with van der Waals surface area (Å²) in [6.45, 7) is 18.7. The van der Waals surface area contributed by atoms with Gasteiger partial charge in [-0.05, 0) is 59.1 Å². The molecule has 4 rings (SSSR count). The van der Waals surface area contributed by atoms with Crippen molar-refractivity contribution >= 4 is 0 Å². The molecule has 2 saturated heterocycles. The molecule has 0 spiro atoms. The number of hydrogen-bond acceptors (Lipinski definition) is 6. The lowest BCUT2D eigenvalue weighted by molar-refractivity contribution is 0.0873. The molecule has 2 heterocycles. The number of ether oxygens (including phenoxy) is 6. The van der Waals surface area contributed by atoms with E-state index in [0.717, 1.165) is 50.4 Å². The van der Waals surface area contributed by atoms with Crippen LogP contribution in [0.3, 0.4) is 0 Å². The second-order valence-corrected chi connectivity index (χ2v) is 11.0. The molecule has 0 bridgehead atoms. The Balaban J connectivity index is 1.51. The van der Waals surface area contributed by atoms with Crippen LogP contribution in [0.5, 0.6) is 11.5 Å². The molecular formula is C33H48O6. The fourth-order valence-corrected chi connectivity index (χ4v) is 4.98. The molecule has 2 atom stereocenters. The zero-order valence-electron chi connectivity index (χ0n) is 24.9. The highest BCUT2D eigenvalue weighted by Gasteiger charge is 2.28. The number of epoxide rings is 2. The van der Waals surface area contributed by atoms with Crippen LogP contribution in [0.15, 0.2) is 24.3 Å². The first-order chi connectivity index (χ1) is 18.9. The van der Waals surface area contributed by atoms with Crippen molar-refractivity contribution in [2.24, 2.45) is 0 Å². The van der Waals surface area contributed by atoms with E-state index in [1.54, 1.807) is 0 Å². The highest BCUT2D eigenvalue weighted by Crippen LogP contribution is 2.40. The molecule has 216 valence electrons. The van der Waals surface area contributed by atoms with Crippen LogP contribution in [0.1, 0.15) is 74.9 Å². The predicted octanol–water partition coefficient (Wildman–Crippen LogP) is 5.85. The standard InChI is InChI=1S/C33H48O6/c1-7-23-15-27(16-24(8-2)31(23)36-13-11-34-19-29-21-38-29)33(5,6)28-17-25(9-3)32(26(10-4)18-28)37-14-12-35-20-30-22-39-30/h15-18,29-30H,7-14,19-22H2,1-6H3. The van der Waals surface area contributed by atoms with Crippen molar-refractivity contribution < 1.29 is 28.4 Å². The smallest absolute Gasteiger partial charge is 0.125 e. The average Bonchev–Trinajstić information content (AvgIpc) is 3.88. The minimum atomic E-state index is -0.167. The predicted molar refractivity (Wildman–Crippen MR) is 155 cm³/mol. The molecule has 2 unspecified atom stereocenters. The number of benzene rings is 2. The summed E-state index contributed by atoms with van der Waals surface area (Å²) in [5, 5.41) is 0. The fourth-order valence-electron chi connectivity index (χ4n) is 4.98. The van der Waals surface area contributed by atoms with Gasteiger partial charge in [0.2, 0.25) is 0 Å². The maximum Gasteiger partial charge on any atom is 0.125 e. The Kier molecular flexibility index (Phi) is 10.7. The van der Waals surface area contributed by atoms with Crippen molar-refractivity contribution in [3.63, 3.8) is 0 Å². The molecule has 2 fully saturated rings. The summed E-state index contributed by atoms with van der Waals surface area (Å²) >= 11 is 0. The van der Waals surface area contributed by atoms with Gasteiger partial charge in [0.05, 0.1) is 39.6 Å². The molecule has 0 N–H and O–H groups in total. The lowest BCUT2D eigenvalue weighted by atomic mass is 9.75. The Morgan fingerprint density at radius 3 is 1.23 bits per heavy atom. The molecule has 0 aromatic heterocycles. The topological polar surface area (TPSA) is 62.0 Å².